The average Bonchev–Trinajstić information content (AvgIpc) is 2.29. The van der Waals surface area contributed by atoms with Crippen molar-refractivity contribution >= 4 is 17.5 Å². The molecule has 0 N–H and O–H groups in total. The Balaban J connectivity index is 2.00. The van der Waals surface area contributed by atoms with Crippen LogP contribution in [0, 0.1) is 13.8 Å². The zero-order valence-corrected chi connectivity index (χ0v) is 11.2. The summed E-state index contributed by atoms with van der Waals surface area (Å²) >= 11 is 5.75. The van der Waals surface area contributed by atoms with Crippen molar-refractivity contribution in [2.45, 2.75) is 13.8 Å². The predicted molar refractivity (Wildman–Crippen MR) is 70.9 cm³/mol. The number of anilines is 1. The molecule has 1 aromatic heterocycles. The molecule has 4 nitrogen and oxygen atoms in total. The molecule has 0 aliphatic carbocycles. The highest BCUT2D eigenvalue weighted by Gasteiger charge is 2.18. The second-order valence-electron chi connectivity index (χ2n) is 4.47. The maximum Gasteiger partial charge on any atom is 0.225 e. The van der Waals surface area contributed by atoms with Gasteiger partial charge in [0.05, 0.1) is 0 Å². The first-order valence-electron chi connectivity index (χ1n) is 6.04. The van der Waals surface area contributed by atoms with Gasteiger partial charge < -0.3 is 4.90 Å². The van der Waals surface area contributed by atoms with Gasteiger partial charge in [0.2, 0.25) is 5.95 Å². The lowest BCUT2D eigenvalue weighted by atomic mass is 10.3. The molecule has 94 valence electrons. The van der Waals surface area contributed by atoms with Gasteiger partial charge in [0.15, 0.2) is 0 Å². The quantitative estimate of drug-likeness (QED) is 0.765. The molecule has 1 saturated heterocycles. The molecule has 0 unspecified atom stereocenters. The lowest BCUT2D eigenvalue weighted by Gasteiger charge is -2.34. The van der Waals surface area contributed by atoms with Crippen LogP contribution in [-0.4, -0.2) is 53.5 Å². The number of piperazine rings is 1. The molecule has 2 rings (SSSR count). The van der Waals surface area contributed by atoms with Crippen LogP contribution in [0.4, 0.5) is 5.95 Å². The van der Waals surface area contributed by atoms with E-state index in [1.165, 1.54) is 0 Å². The number of hydrogen-bond donors (Lipinski definition) is 0. The fourth-order valence-electron chi connectivity index (χ4n) is 2.14. The second-order valence-corrected chi connectivity index (χ2v) is 4.85. The number of alkyl halides is 1. The lowest BCUT2D eigenvalue weighted by Crippen LogP contribution is -2.47. The van der Waals surface area contributed by atoms with Crippen molar-refractivity contribution in [2.24, 2.45) is 0 Å². The Labute approximate surface area is 108 Å². The summed E-state index contributed by atoms with van der Waals surface area (Å²) in [5.41, 5.74) is 2.08. The van der Waals surface area contributed by atoms with Crippen LogP contribution >= 0.6 is 11.6 Å². The van der Waals surface area contributed by atoms with Crippen LogP contribution in [0.25, 0.3) is 0 Å². The van der Waals surface area contributed by atoms with Gasteiger partial charge in [-0.1, -0.05) is 0 Å². The maximum absolute atomic E-state index is 5.75. The van der Waals surface area contributed by atoms with Gasteiger partial charge in [-0.3, -0.25) is 4.90 Å². The SMILES string of the molecule is Cc1cc(C)nc(N2CCN(CCCl)CC2)n1. The predicted octanol–water partition coefficient (Wildman–Crippen LogP) is 1.45. The molecule has 0 spiro atoms. The van der Waals surface area contributed by atoms with Crippen molar-refractivity contribution < 1.29 is 0 Å². The molecular weight excluding hydrogens is 236 g/mol. The Morgan fingerprint density at radius 1 is 1.12 bits per heavy atom. The van der Waals surface area contributed by atoms with Crippen LogP contribution in [0.3, 0.4) is 0 Å². The van der Waals surface area contributed by atoms with Crippen LogP contribution < -0.4 is 4.90 Å². The van der Waals surface area contributed by atoms with Crippen molar-refractivity contribution in [3.05, 3.63) is 17.5 Å². The minimum Gasteiger partial charge on any atom is -0.338 e. The Morgan fingerprint density at radius 3 is 2.24 bits per heavy atom. The molecule has 1 fully saturated rings. The van der Waals surface area contributed by atoms with Gasteiger partial charge in [-0.15, -0.1) is 11.6 Å². The first-order valence-corrected chi connectivity index (χ1v) is 6.58. The first-order chi connectivity index (χ1) is 8.19. The molecule has 0 bridgehead atoms. The summed E-state index contributed by atoms with van der Waals surface area (Å²) in [5, 5.41) is 0. The van der Waals surface area contributed by atoms with Crippen LogP contribution in [0.15, 0.2) is 6.07 Å². The Kier molecular flexibility index (Phi) is 4.18. The molecule has 17 heavy (non-hydrogen) atoms. The normalized spacial score (nSPS) is 17.5. The van der Waals surface area contributed by atoms with E-state index in [0.717, 1.165) is 50.1 Å². The molecule has 1 aliphatic heterocycles. The number of aryl methyl sites for hydroxylation is 2. The smallest absolute Gasteiger partial charge is 0.225 e. The van der Waals surface area contributed by atoms with Gasteiger partial charge in [-0.05, 0) is 19.9 Å². The maximum atomic E-state index is 5.75. The summed E-state index contributed by atoms with van der Waals surface area (Å²) in [6.45, 7) is 9.07. The topological polar surface area (TPSA) is 32.3 Å². The van der Waals surface area contributed by atoms with Gasteiger partial charge >= 0.3 is 0 Å². The van der Waals surface area contributed by atoms with Crippen molar-refractivity contribution in [3.8, 4) is 0 Å². The van der Waals surface area contributed by atoms with E-state index in [4.69, 9.17) is 11.6 Å². The van der Waals surface area contributed by atoms with Crippen LogP contribution in [0.5, 0.6) is 0 Å². The summed E-state index contributed by atoms with van der Waals surface area (Å²) < 4.78 is 0. The molecule has 0 amide bonds. The molecule has 0 saturated carbocycles. The van der Waals surface area contributed by atoms with Gasteiger partial charge in [0.1, 0.15) is 0 Å². The Morgan fingerprint density at radius 2 is 1.71 bits per heavy atom. The van der Waals surface area contributed by atoms with E-state index < -0.39 is 0 Å². The fraction of sp³-hybridized carbons (Fsp3) is 0.667. The number of rotatable bonds is 3. The second kappa shape index (κ2) is 5.65. The summed E-state index contributed by atoms with van der Waals surface area (Å²) in [6, 6.07) is 2.01. The minimum atomic E-state index is 0.708. The molecule has 0 atom stereocenters. The third-order valence-corrected chi connectivity index (χ3v) is 3.20. The first kappa shape index (κ1) is 12.6. The van der Waals surface area contributed by atoms with Gasteiger partial charge in [0.25, 0.3) is 0 Å². The van der Waals surface area contributed by atoms with E-state index >= 15 is 0 Å². The van der Waals surface area contributed by atoms with Crippen molar-refractivity contribution in [1.29, 1.82) is 0 Å². The molecule has 1 aromatic rings. The molecule has 0 radical (unpaired) electrons. The zero-order valence-electron chi connectivity index (χ0n) is 10.5. The number of aromatic nitrogens is 2. The lowest BCUT2D eigenvalue weighted by molar-refractivity contribution is 0.271. The number of nitrogens with zero attached hydrogens (tertiary/aromatic N) is 4. The fourth-order valence-corrected chi connectivity index (χ4v) is 2.38. The molecule has 1 aliphatic rings. The van der Waals surface area contributed by atoms with Crippen LogP contribution in [0.1, 0.15) is 11.4 Å². The summed E-state index contributed by atoms with van der Waals surface area (Å²) in [7, 11) is 0. The van der Waals surface area contributed by atoms with Gasteiger partial charge in [-0.2, -0.15) is 0 Å². The van der Waals surface area contributed by atoms with Crippen molar-refractivity contribution in [1.82, 2.24) is 14.9 Å². The van der Waals surface area contributed by atoms with Crippen LogP contribution in [-0.2, 0) is 0 Å². The largest absolute Gasteiger partial charge is 0.338 e. The van der Waals surface area contributed by atoms with Gasteiger partial charge in [0, 0.05) is 50.0 Å². The van der Waals surface area contributed by atoms with E-state index in [0.29, 0.717) is 5.88 Å². The zero-order chi connectivity index (χ0) is 12.3. The highest BCUT2D eigenvalue weighted by atomic mass is 35.5. The van der Waals surface area contributed by atoms with E-state index in [-0.39, 0.29) is 0 Å². The third-order valence-electron chi connectivity index (χ3n) is 3.03. The van der Waals surface area contributed by atoms with E-state index in [2.05, 4.69) is 19.8 Å². The highest BCUT2D eigenvalue weighted by Crippen LogP contribution is 2.12. The van der Waals surface area contributed by atoms with E-state index in [9.17, 15) is 0 Å². The standard InChI is InChI=1S/C12H19ClN4/c1-10-9-11(2)15-12(14-10)17-7-5-16(4-3-13)6-8-17/h9H,3-8H2,1-2H3. The summed E-state index contributed by atoms with van der Waals surface area (Å²) in [6.07, 6.45) is 0. The van der Waals surface area contributed by atoms with E-state index in [1.54, 1.807) is 0 Å². The molecule has 0 aromatic carbocycles. The average molecular weight is 255 g/mol. The number of hydrogen-bond acceptors (Lipinski definition) is 4. The summed E-state index contributed by atoms with van der Waals surface area (Å²) in [4.78, 5) is 13.6. The van der Waals surface area contributed by atoms with Crippen molar-refractivity contribution in [3.63, 3.8) is 0 Å². The van der Waals surface area contributed by atoms with E-state index in [1.807, 2.05) is 19.9 Å². The van der Waals surface area contributed by atoms with Crippen molar-refractivity contribution in [2.75, 3.05) is 43.5 Å². The molecule has 2 heterocycles. The minimum absolute atomic E-state index is 0.708. The Bertz CT molecular complexity index is 355. The number of halogens is 1. The third kappa shape index (κ3) is 3.30. The summed E-state index contributed by atoms with van der Waals surface area (Å²) in [5.74, 6) is 1.58. The highest BCUT2D eigenvalue weighted by molar-refractivity contribution is 6.18. The Hall–Kier alpha value is -0.870. The monoisotopic (exact) mass is 254 g/mol. The molecule has 5 heteroatoms. The molecular formula is C12H19ClN4. The van der Waals surface area contributed by atoms with Gasteiger partial charge in [-0.25, -0.2) is 9.97 Å². The van der Waals surface area contributed by atoms with Crippen LogP contribution in [0.2, 0.25) is 0 Å².